The molecule has 2 aliphatic heterocycles. The van der Waals surface area contributed by atoms with Gasteiger partial charge in [0.2, 0.25) is 11.8 Å². The highest BCUT2D eigenvalue weighted by Crippen LogP contribution is 2.41. The van der Waals surface area contributed by atoms with Crippen molar-refractivity contribution in [2.24, 2.45) is 10.8 Å². The van der Waals surface area contributed by atoms with Gasteiger partial charge in [-0.05, 0) is 37.0 Å². The number of hydrogen-bond donors (Lipinski definition) is 0. The lowest BCUT2D eigenvalue weighted by atomic mass is 9.78. The van der Waals surface area contributed by atoms with Crippen molar-refractivity contribution < 1.29 is 14.0 Å². The van der Waals surface area contributed by atoms with E-state index in [4.69, 9.17) is 0 Å². The zero-order chi connectivity index (χ0) is 18.2. The minimum absolute atomic E-state index is 0.118. The average Bonchev–Trinajstić information content (AvgIpc) is 2.97. The molecule has 2 saturated heterocycles. The summed E-state index contributed by atoms with van der Waals surface area (Å²) >= 11 is 0. The second-order valence-electron chi connectivity index (χ2n) is 8.46. The number of piperidine rings is 1. The van der Waals surface area contributed by atoms with Gasteiger partial charge in [-0.25, -0.2) is 4.39 Å². The number of carbonyl (C=O) groups excluding carboxylic acids is 2. The van der Waals surface area contributed by atoms with Crippen LogP contribution in [0.1, 0.15) is 45.6 Å². The molecule has 0 N–H and O–H groups in total. The summed E-state index contributed by atoms with van der Waals surface area (Å²) in [7, 11) is 0. The first-order valence-electron chi connectivity index (χ1n) is 9.04. The fraction of sp³-hybridized carbons (Fsp3) is 0.600. The van der Waals surface area contributed by atoms with Crippen LogP contribution in [0.15, 0.2) is 24.3 Å². The summed E-state index contributed by atoms with van der Waals surface area (Å²) in [6, 6.07) is 6.32. The van der Waals surface area contributed by atoms with E-state index in [1.807, 2.05) is 30.6 Å². The molecule has 1 aromatic carbocycles. The van der Waals surface area contributed by atoms with Gasteiger partial charge < -0.3 is 9.80 Å². The summed E-state index contributed by atoms with van der Waals surface area (Å²) in [5.74, 6) is -0.00237. The molecule has 2 fully saturated rings. The van der Waals surface area contributed by atoms with Gasteiger partial charge in [0, 0.05) is 31.6 Å². The molecule has 2 heterocycles. The Labute approximate surface area is 149 Å². The van der Waals surface area contributed by atoms with Crippen LogP contribution in [0.25, 0.3) is 0 Å². The number of likely N-dealkylation sites (tertiary alicyclic amines) is 2. The highest BCUT2D eigenvalue weighted by molar-refractivity contribution is 5.87. The van der Waals surface area contributed by atoms with Gasteiger partial charge in [0.1, 0.15) is 5.82 Å². The molecule has 0 aromatic heterocycles. The molecule has 25 heavy (non-hydrogen) atoms. The van der Waals surface area contributed by atoms with Crippen molar-refractivity contribution in [1.29, 1.82) is 0 Å². The van der Waals surface area contributed by atoms with E-state index in [2.05, 4.69) is 0 Å². The van der Waals surface area contributed by atoms with Gasteiger partial charge in [-0.15, -0.1) is 0 Å². The molecule has 0 bridgehead atoms. The summed E-state index contributed by atoms with van der Waals surface area (Å²) in [4.78, 5) is 29.5. The van der Waals surface area contributed by atoms with E-state index < -0.39 is 10.8 Å². The first-order valence-corrected chi connectivity index (χ1v) is 9.04. The molecule has 0 saturated carbocycles. The van der Waals surface area contributed by atoms with Crippen LogP contribution < -0.4 is 0 Å². The van der Waals surface area contributed by atoms with Crippen molar-refractivity contribution in [2.45, 2.75) is 46.6 Å². The third-order valence-electron chi connectivity index (χ3n) is 5.39. The molecule has 0 aliphatic carbocycles. The Hall–Kier alpha value is -1.91. The van der Waals surface area contributed by atoms with Crippen LogP contribution in [0.4, 0.5) is 4.39 Å². The Kier molecular flexibility index (Phi) is 4.60. The Bertz CT molecular complexity index is 665. The summed E-state index contributed by atoms with van der Waals surface area (Å²) in [5, 5.41) is 0. The fourth-order valence-electron chi connectivity index (χ4n) is 4.01. The Morgan fingerprint density at radius 2 is 1.84 bits per heavy atom. The number of hydrogen-bond acceptors (Lipinski definition) is 2. The molecule has 3 rings (SSSR count). The lowest BCUT2D eigenvalue weighted by Crippen LogP contribution is -2.50. The van der Waals surface area contributed by atoms with Gasteiger partial charge >= 0.3 is 0 Å². The molecule has 1 spiro atoms. The molecule has 2 aliphatic rings. The summed E-state index contributed by atoms with van der Waals surface area (Å²) in [6.07, 6.45) is 2.54. The van der Waals surface area contributed by atoms with E-state index in [1.54, 1.807) is 12.1 Å². The Balaban J connectivity index is 1.72. The van der Waals surface area contributed by atoms with Crippen molar-refractivity contribution in [3.8, 4) is 0 Å². The SMILES string of the molecule is CC(C)(C)C(=O)N1CC[C@@]2(CCCN(Cc3ccc(F)cc3)C2=O)C1. The van der Waals surface area contributed by atoms with Gasteiger partial charge in [-0.3, -0.25) is 9.59 Å². The molecule has 0 unspecified atom stereocenters. The smallest absolute Gasteiger partial charge is 0.230 e. The first kappa shape index (κ1) is 17.9. The fourth-order valence-corrected chi connectivity index (χ4v) is 4.01. The second kappa shape index (κ2) is 6.43. The lowest BCUT2D eigenvalue weighted by molar-refractivity contribution is -0.147. The normalized spacial score (nSPS) is 24.2. The average molecular weight is 346 g/mol. The number of nitrogens with zero attached hydrogens (tertiary/aromatic N) is 2. The monoisotopic (exact) mass is 346 g/mol. The van der Waals surface area contributed by atoms with E-state index in [0.717, 1.165) is 31.4 Å². The van der Waals surface area contributed by atoms with Gasteiger partial charge in [0.05, 0.1) is 5.41 Å². The predicted octanol–water partition coefficient (Wildman–Crippen LogP) is 3.21. The molecule has 5 heteroatoms. The maximum atomic E-state index is 13.2. The van der Waals surface area contributed by atoms with Crippen LogP contribution in [0.2, 0.25) is 0 Å². The van der Waals surface area contributed by atoms with Crippen LogP contribution >= 0.6 is 0 Å². The van der Waals surface area contributed by atoms with Crippen LogP contribution in [0, 0.1) is 16.6 Å². The van der Waals surface area contributed by atoms with Crippen LogP contribution in [0.5, 0.6) is 0 Å². The highest BCUT2D eigenvalue weighted by Gasteiger charge is 2.50. The predicted molar refractivity (Wildman–Crippen MR) is 94.1 cm³/mol. The summed E-state index contributed by atoms with van der Waals surface area (Å²) < 4.78 is 13.1. The highest BCUT2D eigenvalue weighted by atomic mass is 19.1. The molecule has 1 aromatic rings. The third-order valence-corrected chi connectivity index (χ3v) is 5.39. The minimum atomic E-state index is -0.431. The molecular weight excluding hydrogens is 319 g/mol. The zero-order valence-corrected chi connectivity index (χ0v) is 15.3. The Morgan fingerprint density at radius 1 is 1.16 bits per heavy atom. The molecule has 0 radical (unpaired) electrons. The van der Waals surface area contributed by atoms with Crippen molar-refractivity contribution in [1.82, 2.24) is 9.80 Å². The largest absolute Gasteiger partial charge is 0.341 e. The van der Waals surface area contributed by atoms with Gasteiger partial charge in [0.15, 0.2) is 0 Å². The summed E-state index contributed by atoms with van der Waals surface area (Å²) in [6.45, 7) is 8.19. The molecular formula is C20H27FN2O2. The second-order valence-corrected chi connectivity index (χ2v) is 8.46. The maximum Gasteiger partial charge on any atom is 0.230 e. The van der Waals surface area contributed by atoms with Crippen LogP contribution in [0.3, 0.4) is 0 Å². The van der Waals surface area contributed by atoms with E-state index in [0.29, 0.717) is 19.6 Å². The molecule has 1 atom stereocenters. The third kappa shape index (κ3) is 3.55. The van der Waals surface area contributed by atoms with Crippen LogP contribution in [-0.2, 0) is 16.1 Å². The van der Waals surface area contributed by atoms with Gasteiger partial charge in [-0.2, -0.15) is 0 Å². The molecule has 136 valence electrons. The van der Waals surface area contributed by atoms with E-state index >= 15 is 0 Å². The van der Waals surface area contributed by atoms with E-state index in [-0.39, 0.29) is 17.6 Å². The van der Waals surface area contributed by atoms with Crippen molar-refractivity contribution >= 4 is 11.8 Å². The first-order chi connectivity index (χ1) is 11.7. The maximum absolute atomic E-state index is 13.2. The minimum Gasteiger partial charge on any atom is -0.341 e. The number of carbonyl (C=O) groups is 2. The lowest BCUT2D eigenvalue weighted by Gasteiger charge is -2.39. The van der Waals surface area contributed by atoms with E-state index in [1.165, 1.54) is 12.1 Å². The number of rotatable bonds is 2. The van der Waals surface area contributed by atoms with Crippen molar-refractivity contribution in [3.63, 3.8) is 0 Å². The van der Waals surface area contributed by atoms with Crippen molar-refractivity contribution in [3.05, 3.63) is 35.6 Å². The van der Waals surface area contributed by atoms with E-state index in [9.17, 15) is 14.0 Å². The van der Waals surface area contributed by atoms with Gasteiger partial charge in [-0.1, -0.05) is 32.9 Å². The topological polar surface area (TPSA) is 40.6 Å². The molecule has 4 nitrogen and oxygen atoms in total. The zero-order valence-electron chi connectivity index (χ0n) is 15.3. The van der Waals surface area contributed by atoms with Crippen LogP contribution in [-0.4, -0.2) is 41.2 Å². The number of amides is 2. The standard InChI is InChI=1S/C20H27FN2O2/c1-19(2,3)17(24)23-12-10-20(14-23)9-4-11-22(18(20)25)13-15-5-7-16(21)8-6-15/h5-8H,4,9-14H2,1-3H3/t20-/m0/s1. The van der Waals surface area contributed by atoms with Gasteiger partial charge in [0.25, 0.3) is 0 Å². The quantitative estimate of drug-likeness (QED) is 0.825. The Morgan fingerprint density at radius 3 is 2.48 bits per heavy atom. The number of halogens is 1. The summed E-state index contributed by atoms with van der Waals surface area (Å²) in [5.41, 5.74) is 0.0865. The molecule has 2 amide bonds. The number of benzene rings is 1. The van der Waals surface area contributed by atoms with Crippen molar-refractivity contribution in [2.75, 3.05) is 19.6 Å².